The van der Waals surface area contributed by atoms with E-state index in [1.54, 1.807) is 0 Å². The molecular formula is C26H29F. The highest BCUT2D eigenvalue weighted by Crippen LogP contribution is 2.34. The van der Waals surface area contributed by atoms with E-state index in [-0.39, 0.29) is 5.82 Å². The number of fused-ring (bicyclic) bond motifs is 1. The van der Waals surface area contributed by atoms with Crippen molar-refractivity contribution in [3.05, 3.63) is 72.0 Å². The van der Waals surface area contributed by atoms with Crippen molar-refractivity contribution < 1.29 is 4.39 Å². The SMILES string of the molecule is CCC1CCC(CCc2ccc3c(F)c(-c4ccccc4)ccc3c2)CC1. The summed E-state index contributed by atoms with van der Waals surface area (Å²) in [7, 11) is 0. The zero-order valence-corrected chi connectivity index (χ0v) is 16.3. The average molecular weight is 361 g/mol. The van der Waals surface area contributed by atoms with E-state index in [9.17, 15) is 0 Å². The van der Waals surface area contributed by atoms with Gasteiger partial charge in [0.05, 0.1) is 0 Å². The van der Waals surface area contributed by atoms with Crippen LogP contribution in [0, 0.1) is 17.7 Å². The van der Waals surface area contributed by atoms with Crippen molar-refractivity contribution in [2.45, 2.75) is 51.9 Å². The minimum Gasteiger partial charge on any atom is -0.206 e. The molecule has 1 saturated carbocycles. The number of aryl methyl sites for hydroxylation is 1. The van der Waals surface area contributed by atoms with E-state index in [1.165, 1.54) is 44.1 Å². The van der Waals surface area contributed by atoms with Gasteiger partial charge in [-0.3, -0.25) is 0 Å². The van der Waals surface area contributed by atoms with Crippen molar-refractivity contribution in [3.63, 3.8) is 0 Å². The van der Waals surface area contributed by atoms with Crippen molar-refractivity contribution in [1.29, 1.82) is 0 Å². The molecule has 27 heavy (non-hydrogen) atoms. The first-order valence-corrected chi connectivity index (χ1v) is 10.5. The van der Waals surface area contributed by atoms with Crippen LogP contribution in [0.4, 0.5) is 4.39 Å². The number of hydrogen-bond donors (Lipinski definition) is 0. The molecule has 3 aromatic carbocycles. The molecular weight excluding hydrogens is 331 g/mol. The Labute approximate surface area is 162 Å². The first-order valence-electron chi connectivity index (χ1n) is 10.5. The van der Waals surface area contributed by atoms with E-state index in [4.69, 9.17) is 0 Å². The summed E-state index contributed by atoms with van der Waals surface area (Å²) in [6.07, 6.45) is 9.32. The molecule has 0 spiro atoms. The van der Waals surface area contributed by atoms with Crippen LogP contribution in [0.5, 0.6) is 0 Å². The molecule has 0 aromatic heterocycles. The molecule has 0 aliphatic heterocycles. The van der Waals surface area contributed by atoms with Gasteiger partial charge in [-0.2, -0.15) is 0 Å². The van der Waals surface area contributed by atoms with E-state index in [0.717, 1.165) is 34.6 Å². The van der Waals surface area contributed by atoms with Crippen LogP contribution in [0.15, 0.2) is 60.7 Å². The van der Waals surface area contributed by atoms with Crippen molar-refractivity contribution in [2.24, 2.45) is 11.8 Å². The molecule has 0 saturated heterocycles. The molecule has 0 heterocycles. The summed E-state index contributed by atoms with van der Waals surface area (Å²) in [5, 5.41) is 1.74. The minimum atomic E-state index is -0.108. The molecule has 0 atom stereocenters. The monoisotopic (exact) mass is 360 g/mol. The lowest BCUT2D eigenvalue weighted by atomic mass is 9.78. The van der Waals surface area contributed by atoms with Crippen molar-refractivity contribution >= 4 is 10.8 Å². The Hall–Kier alpha value is -2.15. The van der Waals surface area contributed by atoms with Gasteiger partial charge in [0.2, 0.25) is 0 Å². The fourth-order valence-electron chi connectivity index (χ4n) is 4.64. The van der Waals surface area contributed by atoms with Gasteiger partial charge in [-0.1, -0.05) is 99.7 Å². The van der Waals surface area contributed by atoms with Gasteiger partial charge < -0.3 is 0 Å². The van der Waals surface area contributed by atoms with Crippen LogP contribution in [0.25, 0.3) is 21.9 Å². The topological polar surface area (TPSA) is 0 Å². The molecule has 1 aliphatic rings. The lowest BCUT2D eigenvalue weighted by molar-refractivity contribution is 0.259. The normalized spacial score (nSPS) is 20.1. The van der Waals surface area contributed by atoms with Crippen molar-refractivity contribution in [1.82, 2.24) is 0 Å². The second-order valence-corrected chi connectivity index (χ2v) is 8.18. The number of rotatable bonds is 5. The third-order valence-corrected chi connectivity index (χ3v) is 6.49. The van der Waals surface area contributed by atoms with Crippen LogP contribution in [0.3, 0.4) is 0 Å². The van der Waals surface area contributed by atoms with E-state index in [2.05, 4.69) is 25.1 Å². The zero-order chi connectivity index (χ0) is 18.6. The number of benzene rings is 3. The van der Waals surface area contributed by atoms with Gasteiger partial charge in [0, 0.05) is 10.9 Å². The second-order valence-electron chi connectivity index (χ2n) is 8.18. The predicted molar refractivity (Wildman–Crippen MR) is 113 cm³/mol. The van der Waals surface area contributed by atoms with Gasteiger partial charge in [-0.05, 0) is 41.2 Å². The van der Waals surface area contributed by atoms with Crippen molar-refractivity contribution in [3.8, 4) is 11.1 Å². The van der Waals surface area contributed by atoms with Crippen LogP contribution >= 0.6 is 0 Å². The largest absolute Gasteiger partial charge is 0.206 e. The summed E-state index contributed by atoms with van der Waals surface area (Å²) in [6.45, 7) is 2.32. The highest BCUT2D eigenvalue weighted by Gasteiger charge is 2.19. The molecule has 1 fully saturated rings. The highest BCUT2D eigenvalue weighted by molar-refractivity contribution is 5.88. The third-order valence-electron chi connectivity index (χ3n) is 6.49. The molecule has 140 valence electrons. The zero-order valence-electron chi connectivity index (χ0n) is 16.3. The number of hydrogen-bond acceptors (Lipinski definition) is 0. The summed E-state index contributed by atoms with van der Waals surface area (Å²) in [5.41, 5.74) is 2.96. The molecule has 0 nitrogen and oxygen atoms in total. The molecule has 0 bridgehead atoms. The molecule has 1 aliphatic carbocycles. The molecule has 0 N–H and O–H groups in total. The van der Waals surface area contributed by atoms with Gasteiger partial charge in [0.25, 0.3) is 0 Å². The third kappa shape index (κ3) is 4.08. The molecule has 0 radical (unpaired) electrons. The Bertz CT molecular complexity index is 889. The molecule has 3 aromatic rings. The maximum atomic E-state index is 15.0. The summed E-state index contributed by atoms with van der Waals surface area (Å²) in [6, 6.07) is 20.1. The predicted octanol–water partition coefficient (Wildman–Crippen LogP) is 7.79. The quantitative estimate of drug-likeness (QED) is 0.435. The lowest BCUT2D eigenvalue weighted by Gasteiger charge is -2.27. The Balaban J connectivity index is 1.48. The van der Waals surface area contributed by atoms with Crippen LogP contribution in [0.2, 0.25) is 0 Å². The van der Waals surface area contributed by atoms with Gasteiger partial charge >= 0.3 is 0 Å². The van der Waals surface area contributed by atoms with Crippen LogP contribution in [-0.2, 0) is 6.42 Å². The van der Waals surface area contributed by atoms with Crippen LogP contribution in [0.1, 0.15) is 51.0 Å². The minimum absolute atomic E-state index is 0.108. The summed E-state index contributed by atoms with van der Waals surface area (Å²) in [5.74, 6) is 1.73. The number of halogens is 1. The first kappa shape index (κ1) is 18.2. The van der Waals surface area contributed by atoms with E-state index in [1.807, 2.05) is 42.5 Å². The maximum absolute atomic E-state index is 15.0. The second kappa shape index (κ2) is 8.25. The van der Waals surface area contributed by atoms with E-state index in [0.29, 0.717) is 5.56 Å². The maximum Gasteiger partial charge on any atom is 0.138 e. The average Bonchev–Trinajstić information content (AvgIpc) is 2.73. The lowest BCUT2D eigenvalue weighted by Crippen LogP contribution is -2.14. The fourth-order valence-corrected chi connectivity index (χ4v) is 4.64. The van der Waals surface area contributed by atoms with E-state index < -0.39 is 0 Å². The summed E-state index contributed by atoms with van der Waals surface area (Å²) < 4.78 is 15.0. The van der Waals surface area contributed by atoms with E-state index >= 15 is 4.39 Å². The van der Waals surface area contributed by atoms with Crippen LogP contribution < -0.4 is 0 Å². The van der Waals surface area contributed by atoms with Crippen molar-refractivity contribution in [2.75, 3.05) is 0 Å². The van der Waals surface area contributed by atoms with Gasteiger partial charge in [-0.15, -0.1) is 0 Å². The smallest absolute Gasteiger partial charge is 0.138 e. The first-order chi connectivity index (χ1) is 13.2. The Morgan fingerprint density at radius 2 is 1.59 bits per heavy atom. The van der Waals surface area contributed by atoms with Crippen LogP contribution in [-0.4, -0.2) is 0 Å². The fraction of sp³-hybridized carbons (Fsp3) is 0.385. The summed E-state index contributed by atoms with van der Waals surface area (Å²) >= 11 is 0. The van der Waals surface area contributed by atoms with Gasteiger partial charge in [-0.25, -0.2) is 4.39 Å². The summed E-state index contributed by atoms with van der Waals surface area (Å²) in [4.78, 5) is 0. The standard InChI is InChI=1S/C26H29F/c1-2-19-8-10-20(11-9-19)12-13-21-14-16-25-23(18-21)15-17-24(26(25)27)22-6-4-3-5-7-22/h3-7,14-20H,2,8-13H2,1H3. The van der Waals surface area contributed by atoms with Gasteiger partial charge in [0.15, 0.2) is 0 Å². The molecule has 0 amide bonds. The molecule has 4 rings (SSSR count). The Morgan fingerprint density at radius 1 is 0.852 bits per heavy atom. The Kier molecular flexibility index (Phi) is 5.57. The van der Waals surface area contributed by atoms with Gasteiger partial charge in [0.1, 0.15) is 5.82 Å². The molecule has 1 heteroatoms. The molecule has 0 unspecified atom stereocenters. The highest BCUT2D eigenvalue weighted by atomic mass is 19.1. The Morgan fingerprint density at radius 3 is 2.33 bits per heavy atom.